The average molecular weight is 541 g/mol. The van der Waals surface area contributed by atoms with Crippen molar-refractivity contribution in [2.45, 2.75) is 32.2 Å². The van der Waals surface area contributed by atoms with Crippen molar-refractivity contribution < 1.29 is 14.3 Å². The first-order valence-corrected chi connectivity index (χ1v) is 14.1. The molecule has 0 aliphatic carbocycles. The van der Waals surface area contributed by atoms with Gasteiger partial charge >= 0.3 is 0 Å². The molecule has 0 radical (unpaired) electrons. The zero-order chi connectivity index (χ0) is 27.8. The second-order valence-electron chi connectivity index (χ2n) is 10.7. The van der Waals surface area contributed by atoms with Crippen molar-refractivity contribution >= 4 is 40.4 Å². The van der Waals surface area contributed by atoms with E-state index in [-0.39, 0.29) is 11.8 Å². The summed E-state index contributed by atoms with van der Waals surface area (Å²) in [6, 6.07) is 15.5. The third-order valence-electron chi connectivity index (χ3n) is 8.23. The van der Waals surface area contributed by atoms with Gasteiger partial charge in [0.15, 0.2) is 0 Å². The van der Waals surface area contributed by atoms with Crippen LogP contribution in [0.4, 0.5) is 28.6 Å². The van der Waals surface area contributed by atoms with E-state index in [1.165, 1.54) is 19.3 Å². The number of benzene rings is 2. The van der Waals surface area contributed by atoms with Gasteiger partial charge in [0.2, 0.25) is 0 Å². The molecule has 9 nitrogen and oxygen atoms in total. The Hall–Kier alpha value is -4.11. The smallest absolute Gasteiger partial charge is 0.260 e. The van der Waals surface area contributed by atoms with Crippen molar-refractivity contribution in [2.75, 3.05) is 62.0 Å². The van der Waals surface area contributed by atoms with Crippen LogP contribution in [0.3, 0.4) is 0 Å². The van der Waals surface area contributed by atoms with E-state index in [4.69, 9.17) is 4.74 Å². The Kier molecular flexibility index (Phi) is 7.06. The van der Waals surface area contributed by atoms with Crippen LogP contribution in [0.15, 0.2) is 54.7 Å². The average Bonchev–Trinajstić information content (AvgIpc) is 3.03. The molecule has 2 fully saturated rings. The van der Waals surface area contributed by atoms with Crippen molar-refractivity contribution in [3.63, 3.8) is 0 Å². The lowest BCUT2D eigenvalue weighted by molar-refractivity contribution is 0.0203. The maximum Gasteiger partial charge on any atom is 0.260 e. The van der Waals surface area contributed by atoms with E-state index in [9.17, 15) is 9.59 Å². The number of amides is 2. The molecule has 4 heterocycles. The Morgan fingerprint density at radius 2 is 1.75 bits per heavy atom. The van der Waals surface area contributed by atoms with Gasteiger partial charge in [0, 0.05) is 44.9 Å². The highest BCUT2D eigenvalue weighted by Crippen LogP contribution is 2.40. The van der Waals surface area contributed by atoms with E-state index in [1.54, 1.807) is 18.1 Å². The molecule has 2 saturated heterocycles. The van der Waals surface area contributed by atoms with Gasteiger partial charge in [0.25, 0.3) is 11.8 Å². The fraction of sp³-hybridized carbons (Fsp3) is 0.387. The number of piperidine rings is 1. The second kappa shape index (κ2) is 10.8. The van der Waals surface area contributed by atoms with Crippen molar-refractivity contribution in [2.24, 2.45) is 0 Å². The van der Waals surface area contributed by atoms with Crippen molar-refractivity contribution in [3.05, 3.63) is 65.9 Å². The van der Waals surface area contributed by atoms with Crippen molar-refractivity contribution in [3.8, 4) is 5.75 Å². The van der Waals surface area contributed by atoms with Gasteiger partial charge in [0.05, 0.1) is 41.1 Å². The molecule has 1 N–H and O–H groups in total. The summed E-state index contributed by atoms with van der Waals surface area (Å²) in [6.07, 6.45) is 5.54. The fourth-order valence-electron chi connectivity index (χ4n) is 5.89. The van der Waals surface area contributed by atoms with Crippen LogP contribution in [-0.2, 0) is 0 Å². The molecule has 40 heavy (non-hydrogen) atoms. The lowest BCUT2D eigenvalue weighted by Gasteiger charge is -2.46. The number of anilines is 5. The van der Waals surface area contributed by atoms with Crippen LogP contribution < -0.4 is 19.9 Å². The highest BCUT2D eigenvalue weighted by molar-refractivity contribution is 6.13. The normalized spacial score (nSPS) is 17.6. The minimum atomic E-state index is -0.0768. The predicted octanol–water partition coefficient (Wildman–Crippen LogP) is 4.89. The summed E-state index contributed by atoms with van der Waals surface area (Å²) >= 11 is 0. The van der Waals surface area contributed by atoms with E-state index in [0.717, 1.165) is 48.9 Å². The van der Waals surface area contributed by atoms with Gasteiger partial charge in [-0.05, 0) is 63.2 Å². The number of hydrogen-bond donors (Lipinski definition) is 1. The first-order chi connectivity index (χ1) is 19.4. The lowest BCUT2D eigenvalue weighted by atomic mass is 10.0. The number of aromatic nitrogens is 1. The zero-order valence-corrected chi connectivity index (χ0v) is 23.4. The summed E-state index contributed by atoms with van der Waals surface area (Å²) in [7, 11) is 3.72. The first-order valence-electron chi connectivity index (χ1n) is 14.1. The highest BCUT2D eigenvalue weighted by atomic mass is 16.5. The summed E-state index contributed by atoms with van der Waals surface area (Å²) in [5.74, 6) is 1.17. The zero-order valence-electron chi connectivity index (χ0n) is 23.4. The number of nitrogens with zero attached hydrogens (tertiary/aromatic N) is 5. The van der Waals surface area contributed by atoms with Crippen LogP contribution in [-0.4, -0.2) is 79.5 Å². The van der Waals surface area contributed by atoms with E-state index in [1.807, 2.05) is 72.3 Å². The Morgan fingerprint density at radius 1 is 0.975 bits per heavy atom. The van der Waals surface area contributed by atoms with Gasteiger partial charge in [-0.1, -0.05) is 18.6 Å². The molecule has 1 aromatic heterocycles. The van der Waals surface area contributed by atoms with E-state index in [0.29, 0.717) is 35.3 Å². The largest absolute Gasteiger partial charge is 0.492 e. The summed E-state index contributed by atoms with van der Waals surface area (Å²) in [6.45, 7) is 6.26. The number of nitrogens with one attached hydrogen (secondary N) is 1. The summed E-state index contributed by atoms with van der Waals surface area (Å²) < 4.78 is 5.95. The van der Waals surface area contributed by atoms with Crippen LogP contribution >= 0.6 is 0 Å². The van der Waals surface area contributed by atoms with E-state index < -0.39 is 0 Å². The molecule has 6 rings (SSSR count). The number of rotatable bonds is 6. The van der Waals surface area contributed by atoms with Gasteiger partial charge in [0.1, 0.15) is 11.6 Å². The predicted molar refractivity (Wildman–Crippen MR) is 157 cm³/mol. The first kappa shape index (κ1) is 26.1. The number of fused-ring (bicyclic) bond motifs is 2. The standard InChI is InChI=1S/C31H36N6O3/c1-4-40-28-16-21(30(38)37-19-22(20-37)36-14-8-5-9-15-36)12-13-24(28)33-29-17-26-27(18-32-29)35(3)31(39)23-10-6-7-11-25(23)34(26)2/h6-7,10-13,16-18,22H,4-5,8-9,14-15,19-20H2,1-3H3,(H,32,33). The number of carbonyl (C=O) groups is 2. The number of hydrogen-bond acceptors (Lipinski definition) is 7. The van der Waals surface area contributed by atoms with E-state index >= 15 is 0 Å². The Balaban J connectivity index is 1.22. The summed E-state index contributed by atoms with van der Waals surface area (Å²) in [5.41, 5.74) is 4.39. The number of carbonyl (C=O) groups excluding carboxylic acids is 2. The molecule has 2 amide bonds. The molecule has 0 atom stereocenters. The second-order valence-corrected chi connectivity index (χ2v) is 10.7. The minimum absolute atomic E-state index is 0.0388. The number of para-hydroxylation sites is 1. The van der Waals surface area contributed by atoms with Gasteiger partial charge in [-0.15, -0.1) is 0 Å². The fourth-order valence-corrected chi connectivity index (χ4v) is 5.89. The minimum Gasteiger partial charge on any atom is -0.492 e. The quantitative estimate of drug-likeness (QED) is 0.477. The number of ether oxygens (including phenoxy) is 1. The van der Waals surface area contributed by atoms with Crippen molar-refractivity contribution in [1.82, 2.24) is 14.8 Å². The van der Waals surface area contributed by atoms with Gasteiger partial charge in [-0.3, -0.25) is 14.5 Å². The van der Waals surface area contributed by atoms with Crippen LogP contribution in [0.5, 0.6) is 5.75 Å². The van der Waals surface area contributed by atoms with Crippen molar-refractivity contribution in [1.29, 1.82) is 0 Å². The topological polar surface area (TPSA) is 81.2 Å². The summed E-state index contributed by atoms with van der Waals surface area (Å²) in [4.78, 5) is 39.1. The Labute approximate surface area is 235 Å². The SMILES string of the molecule is CCOc1cc(C(=O)N2CC(N3CCCCC3)C2)ccc1Nc1cc2c(cn1)N(C)C(=O)c1ccccc1N2C. The lowest BCUT2D eigenvalue weighted by Crippen LogP contribution is -2.61. The van der Waals surface area contributed by atoms with Crippen LogP contribution in [0.2, 0.25) is 0 Å². The Morgan fingerprint density at radius 3 is 2.52 bits per heavy atom. The third-order valence-corrected chi connectivity index (χ3v) is 8.23. The molecule has 0 unspecified atom stereocenters. The molecule has 2 aromatic carbocycles. The van der Waals surface area contributed by atoms with E-state index in [2.05, 4.69) is 15.2 Å². The highest BCUT2D eigenvalue weighted by Gasteiger charge is 2.35. The Bertz CT molecular complexity index is 1430. The van der Waals surface area contributed by atoms with Crippen LogP contribution in [0.1, 0.15) is 46.9 Å². The number of pyridine rings is 1. The monoisotopic (exact) mass is 540 g/mol. The third kappa shape index (κ3) is 4.75. The molecule has 208 valence electrons. The molecular weight excluding hydrogens is 504 g/mol. The maximum absolute atomic E-state index is 13.2. The van der Waals surface area contributed by atoms with Gasteiger partial charge in [-0.2, -0.15) is 0 Å². The maximum atomic E-state index is 13.2. The number of likely N-dealkylation sites (tertiary alicyclic amines) is 2. The molecular formula is C31H36N6O3. The molecule has 0 bridgehead atoms. The van der Waals surface area contributed by atoms with Crippen LogP contribution in [0, 0.1) is 0 Å². The van der Waals surface area contributed by atoms with Gasteiger partial charge in [-0.25, -0.2) is 4.98 Å². The van der Waals surface area contributed by atoms with Gasteiger partial charge < -0.3 is 24.8 Å². The molecule has 0 saturated carbocycles. The molecule has 3 aromatic rings. The summed E-state index contributed by atoms with van der Waals surface area (Å²) in [5, 5.41) is 3.37. The van der Waals surface area contributed by atoms with Crippen LogP contribution in [0.25, 0.3) is 0 Å². The molecule has 9 heteroatoms. The molecule has 0 spiro atoms. The molecule has 3 aliphatic heterocycles. The molecule has 3 aliphatic rings.